The van der Waals surface area contributed by atoms with Gasteiger partial charge in [0.25, 0.3) is 0 Å². The minimum atomic E-state index is -2.00. The monoisotopic (exact) mass is 1740 g/mol. The summed E-state index contributed by atoms with van der Waals surface area (Å²) in [5.41, 5.74) is 1.85. The zero-order valence-corrected chi connectivity index (χ0v) is 75.2. The van der Waals surface area contributed by atoms with Crippen LogP contribution < -0.4 is 15.6 Å². The van der Waals surface area contributed by atoms with Crippen molar-refractivity contribution >= 4 is 177 Å². The van der Waals surface area contributed by atoms with Crippen molar-refractivity contribution < 1.29 is 50.7 Å². The predicted molar refractivity (Wildman–Crippen MR) is 423 cm³/mol. The van der Waals surface area contributed by atoms with E-state index in [1.54, 1.807) is 13.2 Å². The van der Waals surface area contributed by atoms with Gasteiger partial charge in [-0.3, -0.25) is 4.79 Å². The Balaban J connectivity index is 0.000000321. The Morgan fingerprint density at radius 2 is 0.840 bits per heavy atom. The van der Waals surface area contributed by atoms with Crippen molar-refractivity contribution in [3.63, 3.8) is 0 Å². The van der Waals surface area contributed by atoms with Crippen LogP contribution in [0.1, 0.15) is 134 Å². The van der Waals surface area contributed by atoms with Crippen LogP contribution in [0.15, 0.2) is 77.8 Å². The highest BCUT2D eigenvalue weighted by Crippen LogP contribution is 2.49. The molecule has 0 aromatic carbocycles. The molecule has 0 amide bonds. The van der Waals surface area contributed by atoms with Crippen molar-refractivity contribution in [2.45, 2.75) is 217 Å². The average Bonchev–Trinajstić information content (AvgIpc) is 0.870. The Kier molecular flexibility index (Phi) is 31.7. The molecule has 5 aliphatic heterocycles. The lowest BCUT2D eigenvalue weighted by atomic mass is 9.78. The molecule has 0 atom stereocenters. The fourth-order valence-electron chi connectivity index (χ4n) is 8.87. The van der Waals surface area contributed by atoms with Crippen LogP contribution in [0.3, 0.4) is 0 Å². The smallest absolute Gasteiger partial charge is 0.494 e. The maximum atomic E-state index is 11.7. The normalized spacial score (nSPS) is 19.1. The van der Waals surface area contributed by atoms with Crippen LogP contribution in [0.2, 0.25) is 72.5 Å². The number of halogens is 4. The van der Waals surface area contributed by atoms with Crippen LogP contribution in [0, 0.1) is 0 Å². The van der Waals surface area contributed by atoms with Crippen LogP contribution in [-0.4, -0.2) is 131 Å². The zero-order valence-electron chi connectivity index (χ0n) is 59.7. The molecule has 0 bridgehead atoms. The third-order valence-corrected chi connectivity index (χ3v) is 39.2. The molecule has 9 rings (SSSR count). The Hall–Kier alpha value is 0.102. The Morgan fingerprint density at radius 3 is 1.16 bits per heavy atom. The number of methoxy groups -OCH3 is 1. The van der Waals surface area contributed by atoms with E-state index in [4.69, 9.17) is 55.7 Å². The van der Waals surface area contributed by atoms with Gasteiger partial charge in [-0.25, -0.2) is 15.0 Å². The molecule has 0 radical (unpaired) electrons. The first-order valence-electron chi connectivity index (χ1n) is 30.8. The van der Waals surface area contributed by atoms with E-state index >= 15 is 0 Å². The van der Waals surface area contributed by atoms with E-state index in [2.05, 4.69) is 293 Å². The minimum Gasteiger partial charge on any atom is -0.497 e. The second-order valence-corrected chi connectivity index (χ2v) is 55.3. The highest BCUT2D eigenvalue weighted by atomic mass is 79.9. The van der Waals surface area contributed by atoms with Crippen LogP contribution >= 0.6 is 77.2 Å². The van der Waals surface area contributed by atoms with Crippen LogP contribution in [0.5, 0.6) is 5.75 Å². The summed E-state index contributed by atoms with van der Waals surface area (Å²) in [6, 6.07) is 16.9. The summed E-state index contributed by atoms with van der Waals surface area (Å²) >= 11 is 29.4. The number of ether oxygens (including phenoxy) is 5. The van der Waals surface area contributed by atoms with E-state index in [-0.39, 0.29) is 55.9 Å². The molecule has 4 aromatic rings. The third-order valence-electron chi connectivity index (χ3n) is 19.5. The fourth-order valence-corrected chi connectivity index (χ4v) is 16.6. The van der Waals surface area contributed by atoms with Crippen molar-refractivity contribution in [2.75, 3.05) is 60.0 Å². The van der Waals surface area contributed by atoms with Gasteiger partial charge in [0.2, 0.25) is 0 Å². The van der Waals surface area contributed by atoms with Gasteiger partial charge in [0.1, 0.15) is 42.0 Å². The van der Waals surface area contributed by atoms with Crippen molar-refractivity contribution in [3.05, 3.63) is 106 Å². The molecule has 5 saturated heterocycles. The van der Waals surface area contributed by atoms with Gasteiger partial charge in [-0.1, -0.05) is 89.2 Å². The van der Waals surface area contributed by atoms with Crippen LogP contribution in [0.25, 0.3) is 0 Å². The van der Waals surface area contributed by atoms with Gasteiger partial charge in [0, 0.05) is 77.9 Å². The lowest BCUT2D eigenvalue weighted by Crippen LogP contribution is -2.58. The summed E-state index contributed by atoms with van der Waals surface area (Å²) in [4.78, 5) is 28.8. The van der Waals surface area contributed by atoms with Crippen molar-refractivity contribution in [3.8, 4) is 5.75 Å². The molecule has 31 heteroatoms. The van der Waals surface area contributed by atoms with E-state index in [1.807, 2.05) is 36.4 Å². The lowest BCUT2D eigenvalue weighted by Gasteiger charge is -2.49. The van der Waals surface area contributed by atoms with Gasteiger partial charge in [0.15, 0.2) is 38.7 Å². The number of hydrogen-bond donors (Lipinski definition) is 1. The maximum Gasteiger partial charge on any atom is 0.494 e. The number of aromatic amines is 1. The van der Waals surface area contributed by atoms with E-state index in [9.17, 15) is 4.79 Å². The third kappa shape index (κ3) is 21.8. The molecular weight excluding hydrogens is 1640 g/mol. The molecular formula is C63H103BBr4N4O12S6Si4. The Labute approximate surface area is 629 Å². The Bertz CT molecular complexity index is 3260. The summed E-state index contributed by atoms with van der Waals surface area (Å²) < 4.78 is 69.3. The number of rotatable bonds is 14. The number of aromatic nitrogens is 4. The Morgan fingerprint density at radius 1 is 0.511 bits per heavy atom. The topological polar surface area (TPSA) is 173 Å². The summed E-state index contributed by atoms with van der Waals surface area (Å²) in [5.74, 6) is 0.775. The molecule has 5 fully saturated rings. The van der Waals surface area contributed by atoms with Crippen LogP contribution in [0.4, 0.5) is 0 Å². The molecule has 0 aliphatic carbocycles. The predicted octanol–water partition coefficient (Wildman–Crippen LogP) is 16.1. The quantitative estimate of drug-likeness (QED) is 0.0932. The summed E-state index contributed by atoms with van der Waals surface area (Å²) in [5, 5.41) is 0.547. The first-order chi connectivity index (χ1) is 42.3. The SMILES string of the molecule is CC(C)(C)[Si](C)(C)OC1(c2cc(=O)cc(Br)[nH]2)COC1.CC(C)(C)[Si](C)(C)OC1(c2cccc(Br)n2)COC1.CC1(C)OB(c2cc(Br)nc(C3(O[Si](C)(C)C(C)(C)C)COC3)c2)OC1(C)C.COc1cc(Br)nc(C2(O[Si](C)(C)C(C)(C)C)COC2)c1.S.S=S.S=S=S. The highest BCUT2D eigenvalue weighted by Gasteiger charge is 2.56. The molecule has 0 spiro atoms. The zero-order chi connectivity index (χ0) is 71.3. The molecule has 5 aliphatic rings. The molecule has 94 heavy (non-hydrogen) atoms. The number of H-pyrrole nitrogens is 1. The molecule has 0 unspecified atom stereocenters. The van der Waals surface area contributed by atoms with E-state index < -0.39 is 57.2 Å². The van der Waals surface area contributed by atoms with Gasteiger partial charge in [0.05, 0.1) is 98.5 Å². The van der Waals surface area contributed by atoms with Gasteiger partial charge in [-0.2, -0.15) is 13.5 Å². The van der Waals surface area contributed by atoms with Crippen molar-refractivity contribution in [2.24, 2.45) is 0 Å². The number of nitrogens with one attached hydrogen (secondary N) is 1. The van der Waals surface area contributed by atoms with E-state index in [1.165, 1.54) is 6.07 Å². The van der Waals surface area contributed by atoms with Crippen molar-refractivity contribution in [1.82, 2.24) is 19.9 Å². The molecule has 1 N–H and O–H groups in total. The number of pyridine rings is 4. The van der Waals surface area contributed by atoms with Crippen LogP contribution in [-0.2, 0) is 122 Å². The minimum absolute atomic E-state index is 0. The summed E-state index contributed by atoms with van der Waals surface area (Å²) in [6.07, 6.45) is 0. The first kappa shape index (κ1) is 88.3. The van der Waals surface area contributed by atoms with E-state index in [0.29, 0.717) is 57.5 Å². The highest BCUT2D eigenvalue weighted by molar-refractivity contribution is 9.11. The second-order valence-electron chi connectivity index (χ2n) is 31.3. The summed E-state index contributed by atoms with van der Waals surface area (Å²) in [7, 11) is -5.57. The fraction of sp³-hybridized carbons (Fsp3) is 0.683. The molecule has 530 valence electrons. The average molecular weight is 1740 g/mol. The lowest BCUT2D eigenvalue weighted by molar-refractivity contribution is -0.177. The number of nitrogens with zero attached hydrogens (tertiary/aromatic N) is 3. The van der Waals surface area contributed by atoms with Gasteiger partial charge in [-0.15, -0.1) is 0 Å². The maximum absolute atomic E-state index is 11.7. The number of hydrogen-bond acceptors (Lipinski definition) is 19. The first-order valence-corrected chi connectivity index (χ1v) is 49.6. The molecule has 0 saturated carbocycles. The van der Waals surface area contributed by atoms with E-state index in [0.717, 1.165) is 56.7 Å². The second kappa shape index (κ2) is 33.7. The van der Waals surface area contributed by atoms with Gasteiger partial charge in [-0.05, 0) is 194 Å². The molecule has 9 heterocycles. The standard InChI is InChI=1S/C20H33BBrNO4Si.C15H24BrNO3Si.C14H22BrNO3Si.C14H22BrNO2Si.S3.S2.H2S/c1-17(2,3)28(8,9)27-20(12-24-13-20)15-10-14(11-16(22)23-15)21-25-18(4,5)19(6,7)26-21;1-14(2,3)21(5,6)20-15(9-19-10-15)12-7-11(18-4)8-13(16)17-12;1-13(2,3)20(4,5)19-14(8-18-9-14)11-6-10(17)7-12(15)16-11;1-13(2,3)19(4,5)18-14(9-17-10-14)11-7-6-8-12(15)16-11;1-3-2;1-2;/h10-11H,12-13H2,1-9H3;7-8H,9-10H2,1-6H3;6-7H,8-9H2,1-5H3,(H,16,17);6-8H,9-10H2,1-5H3;;;1H2. The van der Waals surface area contributed by atoms with Crippen molar-refractivity contribution in [1.29, 1.82) is 0 Å². The molecule has 4 aromatic heterocycles. The van der Waals surface area contributed by atoms with Gasteiger partial charge < -0.3 is 55.7 Å². The van der Waals surface area contributed by atoms with Gasteiger partial charge >= 0.3 is 7.12 Å². The largest absolute Gasteiger partial charge is 0.497 e. The summed E-state index contributed by atoms with van der Waals surface area (Å²) in [6.45, 7) is 57.4. The molecule has 16 nitrogen and oxygen atoms in total.